The summed E-state index contributed by atoms with van der Waals surface area (Å²) in [4.78, 5) is 4.33. The second-order valence-electron chi connectivity index (χ2n) is 5.28. The molecule has 0 amide bonds. The van der Waals surface area contributed by atoms with E-state index in [2.05, 4.69) is 34.8 Å². The summed E-state index contributed by atoms with van der Waals surface area (Å²) in [7, 11) is 0. The summed E-state index contributed by atoms with van der Waals surface area (Å²) in [6, 6.07) is 4.04. The Morgan fingerprint density at radius 1 is 1.24 bits per heavy atom. The lowest BCUT2D eigenvalue weighted by Gasteiger charge is -2.31. The fourth-order valence-electron chi connectivity index (χ4n) is 2.72. The van der Waals surface area contributed by atoms with E-state index in [-0.39, 0.29) is 0 Å². The first-order chi connectivity index (χ1) is 8.17. The van der Waals surface area contributed by atoms with Gasteiger partial charge in [-0.1, -0.05) is 29.8 Å². The normalized spacial score (nSPS) is 29.0. The first-order valence-corrected chi connectivity index (χ1v) is 7.47. The maximum Gasteiger partial charge on any atom is 0.138 e. The zero-order chi connectivity index (χ0) is 12.3. The van der Waals surface area contributed by atoms with Crippen molar-refractivity contribution in [3.8, 4) is 5.75 Å². The van der Waals surface area contributed by atoms with E-state index in [1.165, 1.54) is 19.3 Å². The van der Waals surface area contributed by atoms with Gasteiger partial charge in [0.05, 0.1) is 18.0 Å². The molecule has 0 saturated heterocycles. The fourth-order valence-corrected chi connectivity index (χ4v) is 3.05. The van der Waals surface area contributed by atoms with Crippen LogP contribution in [0, 0.1) is 11.8 Å². The first-order valence-electron chi connectivity index (χ1n) is 6.35. The number of hydrogen-bond acceptors (Lipinski definition) is 2. The van der Waals surface area contributed by atoms with E-state index in [1.807, 2.05) is 18.3 Å². The van der Waals surface area contributed by atoms with Gasteiger partial charge >= 0.3 is 0 Å². The van der Waals surface area contributed by atoms with Gasteiger partial charge in [-0.2, -0.15) is 0 Å². The van der Waals surface area contributed by atoms with Gasteiger partial charge in [-0.15, -0.1) is 0 Å². The molecule has 1 aromatic heterocycles. The molecule has 17 heavy (non-hydrogen) atoms. The van der Waals surface area contributed by atoms with Gasteiger partial charge in [-0.05, 0) is 43.2 Å². The molecule has 1 aliphatic rings. The van der Waals surface area contributed by atoms with Crippen molar-refractivity contribution in [1.29, 1.82) is 0 Å². The van der Waals surface area contributed by atoms with Crippen LogP contribution in [0.4, 0.5) is 0 Å². The summed E-state index contributed by atoms with van der Waals surface area (Å²) in [6.07, 6.45) is 5.88. The summed E-state index contributed by atoms with van der Waals surface area (Å²) in [5.41, 5.74) is 1.04. The van der Waals surface area contributed by atoms with Crippen LogP contribution in [0.25, 0.3) is 0 Å². The van der Waals surface area contributed by atoms with Crippen molar-refractivity contribution in [2.45, 2.75) is 44.5 Å². The lowest BCUT2D eigenvalue weighted by atomic mass is 9.82. The van der Waals surface area contributed by atoms with Gasteiger partial charge in [0.1, 0.15) is 5.75 Å². The molecule has 94 valence electrons. The molecule has 1 saturated carbocycles. The van der Waals surface area contributed by atoms with E-state index in [4.69, 9.17) is 4.74 Å². The Morgan fingerprint density at radius 3 is 2.47 bits per heavy atom. The van der Waals surface area contributed by atoms with Crippen molar-refractivity contribution in [2.75, 3.05) is 0 Å². The van der Waals surface area contributed by atoms with Crippen molar-refractivity contribution in [1.82, 2.24) is 4.98 Å². The molecule has 0 spiro atoms. The Bertz CT molecular complexity index is 342. The summed E-state index contributed by atoms with van der Waals surface area (Å²) < 4.78 is 6.02. The van der Waals surface area contributed by atoms with Crippen LogP contribution in [0.2, 0.25) is 0 Å². The van der Waals surface area contributed by atoms with E-state index in [0.29, 0.717) is 6.10 Å². The Kier molecular flexibility index (Phi) is 4.43. The largest absolute Gasteiger partial charge is 0.489 e. The predicted octanol–water partition coefficient (Wildman–Crippen LogP) is 4.18. The highest BCUT2D eigenvalue weighted by atomic mass is 79.9. The van der Waals surface area contributed by atoms with Crippen LogP contribution in [-0.2, 0) is 5.33 Å². The number of nitrogens with zero attached hydrogens (tertiary/aromatic N) is 1. The summed E-state index contributed by atoms with van der Waals surface area (Å²) in [6.45, 7) is 4.64. The molecule has 0 radical (unpaired) electrons. The lowest BCUT2D eigenvalue weighted by molar-refractivity contribution is 0.101. The smallest absolute Gasteiger partial charge is 0.138 e. The van der Waals surface area contributed by atoms with Gasteiger partial charge in [0.25, 0.3) is 0 Å². The Labute approximate surface area is 112 Å². The number of pyridine rings is 1. The number of hydrogen-bond donors (Lipinski definition) is 0. The molecular weight excluding hydrogens is 278 g/mol. The molecule has 1 aliphatic carbocycles. The zero-order valence-electron chi connectivity index (χ0n) is 10.5. The predicted molar refractivity (Wildman–Crippen MR) is 73.5 cm³/mol. The van der Waals surface area contributed by atoms with Crippen LogP contribution < -0.4 is 4.74 Å². The molecule has 1 aromatic rings. The third-order valence-electron chi connectivity index (χ3n) is 3.37. The van der Waals surface area contributed by atoms with Crippen LogP contribution in [0.5, 0.6) is 5.75 Å². The summed E-state index contributed by atoms with van der Waals surface area (Å²) in [5, 5.41) is 0.796. The highest BCUT2D eigenvalue weighted by Gasteiger charge is 2.25. The Hall–Kier alpha value is -0.570. The van der Waals surface area contributed by atoms with Gasteiger partial charge in [0, 0.05) is 5.33 Å². The highest BCUT2D eigenvalue weighted by Crippen LogP contribution is 2.31. The first kappa shape index (κ1) is 12.9. The Morgan fingerprint density at radius 2 is 1.94 bits per heavy atom. The molecular formula is C14H20BrNO. The second-order valence-corrected chi connectivity index (χ2v) is 5.84. The standard InChI is InChI=1S/C14H20BrNO/c1-10-5-11(2)7-14(6-10)17-13-4-3-12(8-15)16-9-13/h3-4,9-11,14H,5-8H2,1-2H3. The van der Waals surface area contributed by atoms with E-state index in [9.17, 15) is 0 Å². The molecule has 0 N–H and O–H groups in total. The zero-order valence-corrected chi connectivity index (χ0v) is 12.1. The van der Waals surface area contributed by atoms with Crippen LogP contribution in [0.15, 0.2) is 18.3 Å². The second kappa shape index (κ2) is 5.85. The van der Waals surface area contributed by atoms with E-state index >= 15 is 0 Å². The molecule has 2 nitrogen and oxygen atoms in total. The number of rotatable bonds is 3. The van der Waals surface area contributed by atoms with Crippen molar-refractivity contribution < 1.29 is 4.74 Å². The monoisotopic (exact) mass is 297 g/mol. The molecule has 0 bridgehead atoms. The van der Waals surface area contributed by atoms with Crippen molar-refractivity contribution in [3.05, 3.63) is 24.0 Å². The quantitative estimate of drug-likeness (QED) is 0.781. The summed E-state index contributed by atoms with van der Waals surface area (Å²) >= 11 is 3.39. The minimum Gasteiger partial charge on any atom is -0.489 e. The Balaban J connectivity index is 1.95. The maximum atomic E-state index is 6.02. The summed E-state index contributed by atoms with van der Waals surface area (Å²) in [5.74, 6) is 2.46. The van der Waals surface area contributed by atoms with Gasteiger partial charge in [0.15, 0.2) is 0 Å². The molecule has 0 aliphatic heterocycles. The SMILES string of the molecule is CC1CC(C)CC(Oc2ccc(CBr)nc2)C1. The highest BCUT2D eigenvalue weighted by molar-refractivity contribution is 9.08. The van der Waals surface area contributed by atoms with E-state index < -0.39 is 0 Å². The van der Waals surface area contributed by atoms with Crippen molar-refractivity contribution in [2.24, 2.45) is 11.8 Å². The van der Waals surface area contributed by atoms with Gasteiger partial charge in [0.2, 0.25) is 0 Å². The topological polar surface area (TPSA) is 22.1 Å². The lowest BCUT2D eigenvalue weighted by Crippen LogP contribution is -2.28. The molecule has 2 atom stereocenters. The average Bonchev–Trinajstić information content (AvgIpc) is 2.28. The maximum absolute atomic E-state index is 6.02. The molecule has 3 heteroatoms. The van der Waals surface area contributed by atoms with Gasteiger partial charge in [-0.3, -0.25) is 4.98 Å². The van der Waals surface area contributed by atoms with Crippen molar-refractivity contribution >= 4 is 15.9 Å². The number of alkyl halides is 1. The minimum atomic E-state index is 0.366. The number of ether oxygens (including phenoxy) is 1. The van der Waals surface area contributed by atoms with Crippen LogP contribution in [0.1, 0.15) is 38.8 Å². The molecule has 1 fully saturated rings. The number of aromatic nitrogens is 1. The molecule has 1 heterocycles. The minimum absolute atomic E-state index is 0.366. The molecule has 2 unspecified atom stereocenters. The third kappa shape index (κ3) is 3.70. The van der Waals surface area contributed by atoms with E-state index in [0.717, 1.165) is 28.6 Å². The molecule has 0 aromatic carbocycles. The average molecular weight is 298 g/mol. The van der Waals surface area contributed by atoms with E-state index in [1.54, 1.807) is 0 Å². The van der Waals surface area contributed by atoms with Crippen molar-refractivity contribution in [3.63, 3.8) is 0 Å². The van der Waals surface area contributed by atoms with Crippen LogP contribution >= 0.6 is 15.9 Å². The third-order valence-corrected chi connectivity index (χ3v) is 3.95. The van der Waals surface area contributed by atoms with Gasteiger partial charge < -0.3 is 4.74 Å². The van der Waals surface area contributed by atoms with Crippen LogP contribution in [0.3, 0.4) is 0 Å². The van der Waals surface area contributed by atoms with Gasteiger partial charge in [-0.25, -0.2) is 0 Å². The molecule has 2 rings (SSSR count). The fraction of sp³-hybridized carbons (Fsp3) is 0.643. The number of halogens is 1. The van der Waals surface area contributed by atoms with Crippen LogP contribution in [-0.4, -0.2) is 11.1 Å².